The maximum absolute atomic E-state index is 2.53. The number of hydrogen-bond acceptors (Lipinski definition) is 1. The van der Waals surface area contributed by atoms with E-state index < -0.39 is 5.41 Å². The molecule has 0 aromatic heterocycles. The highest BCUT2D eigenvalue weighted by atomic mass is 15.1. The standard InChI is InChI=1S/C46H43N/c1-30-20-24-34(25-21-30)47(33-14-9-8-10-15-33)42-19-13-18-39-43(42)37-16-11-12-17-38(37)46(39)40-28-31(44(2,3)4)22-26-35(40)36-27-23-32(29-41(36)46)45(5,6)7/h8-29H,1-7H3. The Kier molecular flexibility index (Phi) is 6.48. The molecule has 6 aromatic rings. The van der Waals surface area contributed by atoms with Crippen molar-refractivity contribution in [1.82, 2.24) is 0 Å². The summed E-state index contributed by atoms with van der Waals surface area (Å²) < 4.78 is 0. The average molecular weight is 610 g/mol. The van der Waals surface area contributed by atoms with Crippen molar-refractivity contribution in [1.29, 1.82) is 0 Å². The maximum atomic E-state index is 2.53. The van der Waals surface area contributed by atoms with E-state index in [1.165, 1.54) is 66.9 Å². The molecule has 1 nitrogen and oxygen atoms in total. The Balaban J connectivity index is 1.51. The first-order valence-electron chi connectivity index (χ1n) is 17.0. The Morgan fingerprint density at radius 2 is 0.979 bits per heavy atom. The van der Waals surface area contributed by atoms with Gasteiger partial charge in [0.25, 0.3) is 0 Å². The molecule has 0 saturated carbocycles. The molecule has 6 aromatic carbocycles. The van der Waals surface area contributed by atoms with E-state index in [9.17, 15) is 0 Å². The molecule has 0 atom stereocenters. The molecule has 47 heavy (non-hydrogen) atoms. The lowest BCUT2D eigenvalue weighted by molar-refractivity contribution is 0.586. The minimum absolute atomic E-state index is 0.0277. The quantitative estimate of drug-likeness (QED) is 0.193. The number of nitrogens with zero attached hydrogens (tertiary/aromatic N) is 1. The van der Waals surface area contributed by atoms with Crippen LogP contribution in [0.25, 0.3) is 22.3 Å². The SMILES string of the molecule is Cc1ccc(N(c2ccccc2)c2cccc3c2-c2ccccc2C32c3cc(C(C)(C)C)ccc3-c3ccc(C(C)(C)C)cc32)cc1. The van der Waals surface area contributed by atoms with Crippen LogP contribution >= 0.6 is 0 Å². The molecule has 0 fully saturated rings. The molecule has 0 amide bonds. The van der Waals surface area contributed by atoms with Gasteiger partial charge in [0.2, 0.25) is 0 Å². The van der Waals surface area contributed by atoms with E-state index in [0.717, 1.165) is 11.4 Å². The summed E-state index contributed by atoms with van der Waals surface area (Å²) in [5, 5.41) is 0. The molecule has 1 spiro atoms. The predicted molar refractivity (Wildman–Crippen MR) is 200 cm³/mol. The van der Waals surface area contributed by atoms with Crippen molar-refractivity contribution in [2.45, 2.75) is 64.7 Å². The molecule has 0 saturated heterocycles. The van der Waals surface area contributed by atoms with Crippen molar-refractivity contribution in [2.24, 2.45) is 0 Å². The van der Waals surface area contributed by atoms with Crippen LogP contribution in [0.4, 0.5) is 17.1 Å². The molecule has 1 heteroatoms. The Hall–Kier alpha value is -4.88. The first kappa shape index (κ1) is 29.5. The van der Waals surface area contributed by atoms with Crippen LogP contribution in [0, 0.1) is 6.92 Å². The van der Waals surface area contributed by atoms with Gasteiger partial charge in [0.1, 0.15) is 0 Å². The van der Waals surface area contributed by atoms with Crippen molar-refractivity contribution in [2.75, 3.05) is 4.90 Å². The minimum Gasteiger partial charge on any atom is -0.310 e. The lowest BCUT2D eigenvalue weighted by Crippen LogP contribution is -2.27. The number of anilines is 3. The summed E-state index contributed by atoms with van der Waals surface area (Å²) in [6, 6.07) is 50.5. The van der Waals surface area contributed by atoms with Crippen molar-refractivity contribution in [3.63, 3.8) is 0 Å². The zero-order valence-corrected chi connectivity index (χ0v) is 28.6. The molecule has 232 valence electrons. The smallest absolute Gasteiger partial charge is 0.0726 e. The van der Waals surface area contributed by atoms with Gasteiger partial charge in [0.05, 0.1) is 11.1 Å². The molecule has 0 aliphatic heterocycles. The van der Waals surface area contributed by atoms with Crippen molar-refractivity contribution < 1.29 is 0 Å². The Bertz CT molecular complexity index is 2090. The number of fused-ring (bicyclic) bond motifs is 10. The van der Waals surface area contributed by atoms with E-state index in [-0.39, 0.29) is 10.8 Å². The zero-order valence-electron chi connectivity index (χ0n) is 28.6. The van der Waals surface area contributed by atoms with Gasteiger partial charge in [-0.15, -0.1) is 0 Å². The molecule has 8 rings (SSSR count). The Morgan fingerprint density at radius 1 is 0.447 bits per heavy atom. The first-order chi connectivity index (χ1) is 22.5. The summed E-state index contributed by atoms with van der Waals surface area (Å²) in [5.41, 5.74) is 18.0. The van der Waals surface area contributed by atoms with Gasteiger partial charge in [-0.2, -0.15) is 0 Å². The van der Waals surface area contributed by atoms with Crippen LogP contribution in [-0.4, -0.2) is 0 Å². The summed E-state index contributed by atoms with van der Waals surface area (Å²) >= 11 is 0. The van der Waals surface area contributed by atoms with E-state index in [1.807, 2.05) is 0 Å². The van der Waals surface area contributed by atoms with Crippen LogP contribution in [0.15, 0.2) is 133 Å². The van der Waals surface area contributed by atoms with Gasteiger partial charge in [-0.05, 0) is 98.2 Å². The number of aryl methyl sites for hydroxylation is 1. The summed E-state index contributed by atoms with van der Waals surface area (Å²) in [6.07, 6.45) is 0. The van der Waals surface area contributed by atoms with E-state index >= 15 is 0 Å². The molecule has 0 radical (unpaired) electrons. The highest BCUT2D eigenvalue weighted by molar-refractivity contribution is 6.01. The molecule has 2 aliphatic carbocycles. The third kappa shape index (κ3) is 4.36. The van der Waals surface area contributed by atoms with Crippen molar-refractivity contribution >= 4 is 17.1 Å². The molecule has 0 bridgehead atoms. The summed E-state index contributed by atoms with van der Waals surface area (Å²) in [4.78, 5) is 2.45. The molecule has 2 aliphatic rings. The van der Waals surface area contributed by atoms with E-state index in [0.29, 0.717) is 0 Å². The predicted octanol–water partition coefficient (Wildman–Crippen LogP) is 12.4. The van der Waals surface area contributed by atoms with Crippen LogP contribution in [-0.2, 0) is 16.2 Å². The van der Waals surface area contributed by atoms with Gasteiger partial charge >= 0.3 is 0 Å². The third-order valence-electron chi connectivity index (χ3n) is 10.5. The highest BCUT2D eigenvalue weighted by Crippen LogP contribution is 2.65. The third-order valence-corrected chi connectivity index (χ3v) is 10.5. The van der Waals surface area contributed by atoms with Crippen LogP contribution < -0.4 is 4.90 Å². The van der Waals surface area contributed by atoms with Crippen LogP contribution in [0.1, 0.15) is 80.5 Å². The number of para-hydroxylation sites is 1. The van der Waals surface area contributed by atoms with Crippen LogP contribution in [0.2, 0.25) is 0 Å². The van der Waals surface area contributed by atoms with E-state index in [2.05, 4.69) is 187 Å². The van der Waals surface area contributed by atoms with Crippen LogP contribution in [0.3, 0.4) is 0 Å². The second-order valence-electron chi connectivity index (χ2n) is 15.5. The van der Waals surface area contributed by atoms with E-state index in [1.54, 1.807) is 0 Å². The second kappa shape index (κ2) is 10.3. The first-order valence-corrected chi connectivity index (χ1v) is 17.0. The largest absolute Gasteiger partial charge is 0.310 e. The average Bonchev–Trinajstić information content (AvgIpc) is 3.52. The molecular formula is C46H43N. The Morgan fingerprint density at radius 3 is 1.57 bits per heavy atom. The second-order valence-corrected chi connectivity index (χ2v) is 15.5. The van der Waals surface area contributed by atoms with Gasteiger partial charge in [-0.3, -0.25) is 0 Å². The van der Waals surface area contributed by atoms with Crippen molar-refractivity contribution in [3.05, 3.63) is 172 Å². The van der Waals surface area contributed by atoms with Gasteiger partial charge in [0, 0.05) is 16.9 Å². The molecular weight excluding hydrogens is 567 g/mol. The zero-order chi connectivity index (χ0) is 32.7. The minimum atomic E-state index is -0.426. The normalized spacial score (nSPS) is 14.0. The van der Waals surface area contributed by atoms with Gasteiger partial charge < -0.3 is 4.90 Å². The number of rotatable bonds is 3. The van der Waals surface area contributed by atoms with Crippen molar-refractivity contribution in [3.8, 4) is 22.3 Å². The summed E-state index contributed by atoms with van der Waals surface area (Å²) in [6.45, 7) is 16.1. The highest BCUT2D eigenvalue weighted by Gasteiger charge is 2.53. The monoisotopic (exact) mass is 609 g/mol. The molecule has 0 unspecified atom stereocenters. The molecule has 0 N–H and O–H groups in total. The van der Waals surface area contributed by atoms with Crippen LogP contribution in [0.5, 0.6) is 0 Å². The van der Waals surface area contributed by atoms with Gasteiger partial charge in [-0.1, -0.05) is 150 Å². The van der Waals surface area contributed by atoms with Gasteiger partial charge in [0.15, 0.2) is 0 Å². The fourth-order valence-corrected chi connectivity index (χ4v) is 8.03. The van der Waals surface area contributed by atoms with E-state index in [4.69, 9.17) is 0 Å². The van der Waals surface area contributed by atoms with Gasteiger partial charge in [-0.25, -0.2) is 0 Å². The maximum Gasteiger partial charge on any atom is 0.0726 e. The lowest BCUT2D eigenvalue weighted by Gasteiger charge is -2.33. The fraction of sp³-hybridized carbons (Fsp3) is 0.217. The summed E-state index contributed by atoms with van der Waals surface area (Å²) in [7, 11) is 0. The number of benzene rings is 6. The Labute approximate surface area is 280 Å². The number of hydrogen-bond donors (Lipinski definition) is 0. The molecule has 0 heterocycles. The fourth-order valence-electron chi connectivity index (χ4n) is 8.03. The topological polar surface area (TPSA) is 3.24 Å². The summed E-state index contributed by atoms with van der Waals surface area (Å²) in [5.74, 6) is 0. The lowest BCUT2D eigenvalue weighted by atomic mass is 9.69.